The van der Waals surface area contributed by atoms with Gasteiger partial charge in [0.2, 0.25) is 0 Å². The second kappa shape index (κ2) is 9.25. The lowest BCUT2D eigenvalue weighted by molar-refractivity contribution is 0.294. The Morgan fingerprint density at radius 3 is 2.43 bits per heavy atom. The van der Waals surface area contributed by atoms with Gasteiger partial charge in [-0.2, -0.15) is 0 Å². The Morgan fingerprint density at radius 2 is 1.76 bits per heavy atom. The van der Waals surface area contributed by atoms with E-state index in [0.717, 1.165) is 17.8 Å². The van der Waals surface area contributed by atoms with E-state index >= 15 is 0 Å². The number of hydrogen-bond donors (Lipinski definition) is 1. The van der Waals surface area contributed by atoms with Crippen LogP contribution in [0.1, 0.15) is 57.9 Å². The summed E-state index contributed by atoms with van der Waals surface area (Å²) in [5.74, 6) is 2.65. The van der Waals surface area contributed by atoms with Gasteiger partial charge in [0.1, 0.15) is 0 Å². The Labute approximate surface area is 131 Å². The molecule has 2 rings (SSSR count). The first-order valence-electron chi connectivity index (χ1n) is 9.00. The lowest BCUT2D eigenvalue weighted by Crippen LogP contribution is -2.30. The molecule has 1 nitrogen and oxygen atoms in total. The van der Waals surface area contributed by atoms with E-state index < -0.39 is 0 Å². The van der Waals surface area contributed by atoms with Crippen molar-refractivity contribution in [2.24, 2.45) is 17.8 Å². The lowest BCUT2D eigenvalue weighted by atomic mass is 9.86. The van der Waals surface area contributed by atoms with Gasteiger partial charge in [-0.05, 0) is 55.7 Å². The summed E-state index contributed by atoms with van der Waals surface area (Å²) in [5.41, 5.74) is 1.50. The van der Waals surface area contributed by atoms with Crippen LogP contribution in [0.4, 0.5) is 0 Å². The second-order valence-corrected chi connectivity index (χ2v) is 7.23. The van der Waals surface area contributed by atoms with Crippen LogP contribution in [-0.2, 0) is 6.42 Å². The molecule has 0 heterocycles. The quantitative estimate of drug-likeness (QED) is 0.669. The highest BCUT2D eigenvalue weighted by Crippen LogP contribution is 2.33. The first-order valence-corrected chi connectivity index (χ1v) is 9.00. The maximum Gasteiger partial charge on any atom is -0.00178 e. The molecule has 1 N–H and O–H groups in total. The average Bonchev–Trinajstić information content (AvgIpc) is 3.00. The zero-order chi connectivity index (χ0) is 14.9. The topological polar surface area (TPSA) is 12.0 Å². The van der Waals surface area contributed by atoms with E-state index in [1.807, 2.05) is 0 Å². The molecule has 1 unspecified atom stereocenters. The summed E-state index contributed by atoms with van der Waals surface area (Å²) >= 11 is 0. The van der Waals surface area contributed by atoms with Crippen LogP contribution in [0.15, 0.2) is 30.3 Å². The molecule has 1 heteroatoms. The van der Waals surface area contributed by atoms with E-state index in [0.29, 0.717) is 0 Å². The van der Waals surface area contributed by atoms with Gasteiger partial charge < -0.3 is 5.32 Å². The molecule has 0 bridgehead atoms. The third kappa shape index (κ3) is 6.22. The number of nitrogens with one attached hydrogen (secondary N) is 1. The van der Waals surface area contributed by atoms with Crippen molar-refractivity contribution in [1.82, 2.24) is 5.32 Å². The minimum Gasteiger partial charge on any atom is -0.316 e. The molecular formula is C20H33N. The average molecular weight is 287 g/mol. The zero-order valence-electron chi connectivity index (χ0n) is 14.0. The van der Waals surface area contributed by atoms with Crippen LogP contribution in [0.5, 0.6) is 0 Å². The smallest absolute Gasteiger partial charge is 0.00178 e. The standard InChI is InChI=1S/C20H33N/c1-17(2)15-21-16-20(19-12-6-7-13-19)14-8-11-18-9-4-3-5-10-18/h3-5,9-10,17,19-21H,6-8,11-16H2,1-2H3. The summed E-state index contributed by atoms with van der Waals surface area (Å²) < 4.78 is 0. The third-order valence-electron chi connectivity index (χ3n) is 4.91. The maximum atomic E-state index is 3.71. The Balaban J connectivity index is 1.75. The molecule has 0 spiro atoms. The molecule has 1 saturated carbocycles. The predicted octanol–water partition coefficient (Wildman–Crippen LogP) is 5.06. The maximum absolute atomic E-state index is 3.71. The van der Waals surface area contributed by atoms with Crippen LogP contribution < -0.4 is 5.32 Å². The summed E-state index contributed by atoms with van der Waals surface area (Å²) in [6.07, 6.45) is 9.85. The van der Waals surface area contributed by atoms with Crippen molar-refractivity contribution in [2.75, 3.05) is 13.1 Å². The molecule has 21 heavy (non-hydrogen) atoms. The molecule has 1 aromatic rings. The van der Waals surface area contributed by atoms with Crippen LogP contribution in [0, 0.1) is 17.8 Å². The number of hydrogen-bond acceptors (Lipinski definition) is 1. The van der Waals surface area contributed by atoms with Gasteiger partial charge in [0, 0.05) is 0 Å². The fraction of sp³-hybridized carbons (Fsp3) is 0.700. The first-order chi connectivity index (χ1) is 10.3. The third-order valence-corrected chi connectivity index (χ3v) is 4.91. The fourth-order valence-corrected chi connectivity index (χ4v) is 3.70. The summed E-state index contributed by atoms with van der Waals surface area (Å²) in [6.45, 7) is 7.00. The normalized spacial score (nSPS) is 17.5. The Kier molecular flexibility index (Phi) is 7.29. The van der Waals surface area contributed by atoms with Gasteiger partial charge in [-0.25, -0.2) is 0 Å². The Bertz CT molecular complexity index is 365. The second-order valence-electron chi connectivity index (χ2n) is 7.23. The van der Waals surface area contributed by atoms with Gasteiger partial charge in [-0.15, -0.1) is 0 Å². The summed E-state index contributed by atoms with van der Waals surface area (Å²) in [6, 6.07) is 11.0. The van der Waals surface area contributed by atoms with E-state index in [-0.39, 0.29) is 0 Å². The van der Waals surface area contributed by atoms with E-state index in [2.05, 4.69) is 49.5 Å². The predicted molar refractivity (Wildman–Crippen MR) is 92.5 cm³/mol. The molecule has 0 aliphatic heterocycles. The Morgan fingerprint density at radius 1 is 1.05 bits per heavy atom. The molecule has 1 fully saturated rings. The van der Waals surface area contributed by atoms with Gasteiger partial charge in [0.15, 0.2) is 0 Å². The molecule has 1 aromatic carbocycles. The van der Waals surface area contributed by atoms with E-state index in [1.165, 1.54) is 63.6 Å². The molecular weight excluding hydrogens is 254 g/mol. The summed E-state index contributed by atoms with van der Waals surface area (Å²) in [5, 5.41) is 3.71. The van der Waals surface area contributed by atoms with Crippen LogP contribution >= 0.6 is 0 Å². The van der Waals surface area contributed by atoms with Gasteiger partial charge in [-0.3, -0.25) is 0 Å². The van der Waals surface area contributed by atoms with Crippen molar-refractivity contribution in [3.8, 4) is 0 Å². The molecule has 0 radical (unpaired) electrons. The zero-order valence-corrected chi connectivity index (χ0v) is 14.0. The molecule has 0 aromatic heterocycles. The van der Waals surface area contributed by atoms with Gasteiger partial charge in [0.25, 0.3) is 0 Å². The van der Waals surface area contributed by atoms with Crippen molar-refractivity contribution in [3.05, 3.63) is 35.9 Å². The van der Waals surface area contributed by atoms with Crippen LogP contribution in [0.2, 0.25) is 0 Å². The van der Waals surface area contributed by atoms with Crippen LogP contribution in [0.25, 0.3) is 0 Å². The molecule has 1 atom stereocenters. The lowest BCUT2D eigenvalue weighted by Gasteiger charge is -2.24. The van der Waals surface area contributed by atoms with Crippen molar-refractivity contribution in [2.45, 2.75) is 58.8 Å². The largest absolute Gasteiger partial charge is 0.316 e. The van der Waals surface area contributed by atoms with Crippen molar-refractivity contribution in [1.29, 1.82) is 0 Å². The summed E-state index contributed by atoms with van der Waals surface area (Å²) in [7, 11) is 0. The van der Waals surface area contributed by atoms with Crippen molar-refractivity contribution >= 4 is 0 Å². The molecule has 0 amide bonds. The molecule has 118 valence electrons. The monoisotopic (exact) mass is 287 g/mol. The van der Waals surface area contributed by atoms with E-state index in [1.54, 1.807) is 0 Å². The molecule has 1 aliphatic carbocycles. The van der Waals surface area contributed by atoms with Crippen molar-refractivity contribution < 1.29 is 0 Å². The highest BCUT2D eigenvalue weighted by Gasteiger charge is 2.24. The Hall–Kier alpha value is -0.820. The minimum atomic E-state index is 0.763. The first kappa shape index (κ1) is 16.5. The van der Waals surface area contributed by atoms with E-state index in [4.69, 9.17) is 0 Å². The van der Waals surface area contributed by atoms with Crippen LogP contribution in [-0.4, -0.2) is 13.1 Å². The van der Waals surface area contributed by atoms with Gasteiger partial charge >= 0.3 is 0 Å². The van der Waals surface area contributed by atoms with E-state index in [9.17, 15) is 0 Å². The van der Waals surface area contributed by atoms with Crippen molar-refractivity contribution in [3.63, 3.8) is 0 Å². The SMILES string of the molecule is CC(C)CNCC(CCCc1ccccc1)C1CCCC1. The minimum absolute atomic E-state index is 0.763. The highest BCUT2D eigenvalue weighted by molar-refractivity contribution is 5.14. The fourth-order valence-electron chi connectivity index (χ4n) is 3.70. The van der Waals surface area contributed by atoms with Gasteiger partial charge in [-0.1, -0.05) is 69.9 Å². The highest BCUT2D eigenvalue weighted by atomic mass is 14.9. The number of benzene rings is 1. The number of rotatable bonds is 9. The summed E-state index contributed by atoms with van der Waals surface area (Å²) in [4.78, 5) is 0. The molecule has 1 aliphatic rings. The van der Waals surface area contributed by atoms with Gasteiger partial charge in [0.05, 0.1) is 0 Å². The molecule has 0 saturated heterocycles. The van der Waals surface area contributed by atoms with Crippen LogP contribution in [0.3, 0.4) is 0 Å². The number of aryl methyl sites for hydroxylation is 1.